The number of carbonyl (C=O) groups is 2. The lowest BCUT2D eigenvalue weighted by molar-refractivity contribution is -0.170. The number of rotatable bonds is 4. The van der Waals surface area contributed by atoms with Gasteiger partial charge in [-0.2, -0.15) is 0 Å². The minimum atomic E-state index is -3.41. The van der Waals surface area contributed by atoms with E-state index in [0.717, 1.165) is 0 Å². The molecule has 3 aliphatic heterocycles. The summed E-state index contributed by atoms with van der Waals surface area (Å²) in [5.74, 6) is -1.42. The second-order valence-electron chi connectivity index (χ2n) is 5.83. The Labute approximate surface area is 127 Å². The van der Waals surface area contributed by atoms with E-state index in [2.05, 4.69) is 11.3 Å². The minimum absolute atomic E-state index is 0.175. The molecule has 0 spiro atoms. The van der Waals surface area contributed by atoms with Gasteiger partial charge in [0, 0.05) is 5.57 Å². The fourth-order valence-corrected chi connectivity index (χ4v) is 4.91. The second kappa shape index (κ2) is 5.04. The summed E-state index contributed by atoms with van der Waals surface area (Å²) in [6.07, 6.45) is -2.43. The molecule has 3 fully saturated rings. The van der Waals surface area contributed by atoms with Crippen molar-refractivity contribution in [1.29, 1.82) is 0 Å². The van der Waals surface area contributed by atoms with E-state index in [1.807, 2.05) is 0 Å². The van der Waals surface area contributed by atoms with Crippen molar-refractivity contribution in [2.24, 2.45) is 0 Å². The van der Waals surface area contributed by atoms with Crippen molar-refractivity contribution in [3.8, 4) is 0 Å². The molecule has 0 aliphatic carbocycles. The van der Waals surface area contributed by atoms with Crippen LogP contribution >= 0.6 is 0 Å². The van der Waals surface area contributed by atoms with E-state index in [1.54, 1.807) is 0 Å². The summed E-state index contributed by atoms with van der Waals surface area (Å²) >= 11 is 0. The molecule has 0 amide bonds. The summed E-state index contributed by atoms with van der Waals surface area (Å²) in [4.78, 5) is 23.4. The first-order valence-electron chi connectivity index (χ1n) is 6.94. The van der Waals surface area contributed by atoms with Crippen molar-refractivity contribution in [2.75, 3.05) is 0 Å². The van der Waals surface area contributed by atoms with Gasteiger partial charge < -0.3 is 14.2 Å². The van der Waals surface area contributed by atoms with Crippen LogP contribution < -0.4 is 4.72 Å². The number of nitrogens with one attached hydrogen (secondary N) is 1. The van der Waals surface area contributed by atoms with Crippen molar-refractivity contribution < 1.29 is 32.2 Å². The summed E-state index contributed by atoms with van der Waals surface area (Å²) in [5.41, 5.74) is 0.175. The molecular formula is C13H17NO7S. The van der Waals surface area contributed by atoms with Gasteiger partial charge in [-0.3, -0.25) is 0 Å². The largest absolute Gasteiger partial charge is 0.455 e. The van der Waals surface area contributed by atoms with E-state index >= 15 is 0 Å². The Kier molecular flexibility index (Phi) is 3.54. The first kappa shape index (κ1) is 15.4. The van der Waals surface area contributed by atoms with Gasteiger partial charge in [0.25, 0.3) is 0 Å². The van der Waals surface area contributed by atoms with Gasteiger partial charge in [0.2, 0.25) is 10.0 Å². The Morgan fingerprint density at radius 3 is 2.73 bits per heavy atom. The number of esters is 2. The molecule has 0 aromatic heterocycles. The lowest BCUT2D eigenvalue weighted by atomic mass is 9.93. The van der Waals surface area contributed by atoms with Crippen LogP contribution in [0.3, 0.4) is 0 Å². The van der Waals surface area contributed by atoms with Gasteiger partial charge in [-0.25, -0.2) is 22.7 Å². The molecule has 2 bridgehead atoms. The van der Waals surface area contributed by atoms with Crippen LogP contribution in [0.2, 0.25) is 0 Å². The third kappa shape index (κ3) is 2.33. The van der Waals surface area contributed by atoms with Crippen molar-refractivity contribution >= 4 is 22.0 Å². The fraction of sp³-hybridized carbons (Fsp3) is 0.692. The fourth-order valence-electron chi connectivity index (χ4n) is 3.06. The Hall–Kier alpha value is -1.45. The molecule has 9 heteroatoms. The van der Waals surface area contributed by atoms with E-state index in [1.165, 1.54) is 13.8 Å². The Morgan fingerprint density at radius 1 is 1.41 bits per heavy atom. The van der Waals surface area contributed by atoms with E-state index in [9.17, 15) is 18.0 Å². The molecule has 0 radical (unpaired) electrons. The van der Waals surface area contributed by atoms with Crippen LogP contribution in [0, 0.1) is 0 Å². The third-order valence-electron chi connectivity index (χ3n) is 4.15. The molecular weight excluding hydrogens is 314 g/mol. The van der Waals surface area contributed by atoms with Crippen LogP contribution in [-0.2, 0) is 33.8 Å². The molecule has 122 valence electrons. The zero-order valence-corrected chi connectivity index (χ0v) is 13.0. The number of carbonyl (C=O) groups excluding carboxylic acids is 2. The third-order valence-corrected chi connectivity index (χ3v) is 6.01. The predicted octanol–water partition coefficient (Wildman–Crippen LogP) is -0.753. The van der Waals surface area contributed by atoms with Crippen molar-refractivity contribution in [2.45, 2.75) is 56.0 Å². The van der Waals surface area contributed by atoms with Gasteiger partial charge in [0.1, 0.15) is 11.4 Å². The Bertz CT molecular complexity index is 643. The van der Waals surface area contributed by atoms with E-state index < -0.39 is 57.7 Å². The van der Waals surface area contributed by atoms with Crippen LogP contribution in [0.4, 0.5) is 0 Å². The van der Waals surface area contributed by atoms with Crippen LogP contribution in [0.1, 0.15) is 20.3 Å². The lowest BCUT2D eigenvalue weighted by Gasteiger charge is -2.24. The number of hydrogen-bond donors (Lipinski definition) is 1. The molecule has 6 atom stereocenters. The van der Waals surface area contributed by atoms with E-state index in [4.69, 9.17) is 14.2 Å². The van der Waals surface area contributed by atoms with Crippen LogP contribution in [0.25, 0.3) is 0 Å². The molecule has 22 heavy (non-hydrogen) atoms. The number of ether oxygens (including phenoxy) is 3. The van der Waals surface area contributed by atoms with Crippen molar-refractivity contribution in [3.05, 3.63) is 12.2 Å². The molecule has 1 N–H and O–H groups in total. The molecule has 3 heterocycles. The number of fused-ring (bicyclic) bond motifs is 1. The van der Waals surface area contributed by atoms with Gasteiger partial charge in [-0.05, 0) is 20.3 Å². The molecule has 6 unspecified atom stereocenters. The highest BCUT2D eigenvalue weighted by Gasteiger charge is 2.65. The first-order chi connectivity index (χ1) is 10.2. The summed E-state index contributed by atoms with van der Waals surface area (Å²) < 4.78 is 42.0. The zero-order valence-electron chi connectivity index (χ0n) is 12.1. The SMILES string of the molecule is C=C(C)C(=O)OC(C)C(=O)OC1C2CC3C(O2)C1NS3(=O)=O. The zero-order chi connectivity index (χ0) is 16.2. The van der Waals surface area contributed by atoms with Crippen molar-refractivity contribution in [1.82, 2.24) is 4.72 Å². The van der Waals surface area contributed by atoms with Crippen LogP contribution in [-0.4, -0.2) is 56.1 Å². The topological polar surface area (TPSA) is 108 Å². The minimum Gasteiger partial charge on any atom is -0.455 e. The molecule has 0 aromatic rings. The highest BCUT2D eigenvalue weighted by atomic mass is 32.2. The smallest absolute Gasteiger partial charge is 0.347 e. The first-order valence-corrected chi connectivity index (χ1v) is 8.49. The highest BCUT2D eigenvalue weighted by Crippen LogP contribution is 2.44. The molecule has 0 saturated carbocycles. The van der Waals surface area contributed by atoms with Crippen LogP contribution in [0.15, 0.2) is 12.2 Å². The van der Waals surface area contributed by atoms with Crippen LogP contribution in [0.5, 0.6) is 0 Å². The van der Waals surface area contributed by atoms with Gasteiger partial charge in [-0.1, -0.05) is 6.58 Å². The molecule has 3 saturated heterocycles. The molecule has 8 nitrogen and oxygen atoms in total. The van der Waals surface area contributed by atoms with E-state index in [0.29, 0.717) is 6.42 Å². The highest BCUT2D eigenvalue weighted by molar-refractivity contribution is 7.90. The maximum Gasteiger partial charge on any atom is 0.347 e. The molecule has 3 rings (SSSR count). The molecule has 0 aromatic carbocycles. The summed E-state index contributed by atoms with van der Waals surface area (Å²) in [6, 6.07) is -0.568. The van der Waals surface area contributed by atoms with Crippen molar-refractivity contribution in [3.63, 3.8) is 0 Å². The van der Waals surface area contributed by atoms with Gasteiger partial charge in [-0.15, -0.1) is 0 Å². The normalized spacial score (nSPS) is 38.5. The van der Waals surface area contributed by atoms with Gasteiger partial charge in [0.05, 0.1) is 18.2 Å². The number of sulfonamides is 1. The Morgan fingerprint density at radius 2 is 2.09 bits per heavy atom. The van der Waals surface area contributed by atoms with Gasteiger partial charge >= 0.3 is 11.9 Å². The monoisotopic (exact) mass is 331 g/mol. The second-order valence-corrected chi connectivity index (χ2v) is 7.76. The molecule has 3 aliphatic rings. The quantitative estimate of drug-likeness (QED) is 0.533. The summed E-state index contributed by atoms with van der Waals surface area (Å²) in [7, 11) is -3.41. The predicted molar refractivity (Wildman–Crippen MR) is 73.2 cm³/mol. The maximum absolute atomic E-state index is 12.0. The average molecular weight is 331 g/mol. The lowest BCUT2D eigenvalue weighted by Crippen LogP contribution is -2.46. The summed E-state index contributed by atoms with van der Waals surface area (Å²) in [6.45, 7) is 6.28. The maximum atomic E-state index is 12.0. The average Bonchev–Trinajstić information content (AvgIpc) is 3.02. The Balaban J connectivity index is 1.64. The number of hydrogen-bond acceptors (Lipinski definition) is 7. The van der Waals surface area contributed by atoms with E-state index in [-0.39, 0.29) is 5.57 Å². The standard InChI is InChI=1S/C13H17NO7S/c1-5(2)12(15)19-6(3)13(16)21-10-7-4-8-11(20-7)9(10)14-22(8,17)18/h6-11,14H,1,4H2,2-3H3. The van der Waals surface area contributed by atoms with Gasteiger partial charge in [0.15, 0.2) is 6.10 Å². The summed E-state index contributed by atoms with van der Waals surface area (Å²) in [5, 5.41) is -0.573.